The van der Waals surface area contributed by atoms with E-state index >= 15 is 0 Å². The van der Waals surface area contributed by atoms with Crippen LogP contribution in [0, 0.1) is 0 Å². The SMILES string of the molecule is COc1ccc(C2=N[C@@](C(=O)OCc3ccccc3)(c3ccccc3)C(=O)O2)cc1. The van der Waals surface area contributed by atoms with Crippen molar-refractivity contribution in [1.82, 2.24) is 0 Å². The molecule has 0 saturated heterocycles. The van der Waals surface area contributed by atoms with E-state index in [1.807, 2.05) is 30.3 Å². The Hall–Kier alpha value is -3.93. The Bertz CT molecular complexity index is 1080. The molecule has 0 saturated carbocycles. The second kappa shape index (κ2) is 8.21. The van der Waals surface area contributed by atoms with Crippen LogP contribution in [-0.4, -0.2) is 24.9 Å². The molecule has 0 radical (unpaired) electrons. The van der Waals surface area contributed by atoms with Gasteiger partial charge in [-0.15, -0.1) is 0 Å². The monoisotopic (exact) mass is 401 g/mol. The Kier molecular flexibility index (Phi) is 5.30. The van der Waals surface area contributed by atoms with Crippen molar-refractivity contribution in [2.75, 3.05) is 7.11 Å². The normalized spacial score (nSPS) is 17.8. The van der Waals surface area contributed by atoms with E-state index in [9.17, 15) is 9.59 Å². The first kappa shape index (κ1) is 19.4. The number of carbonyl (C=O) groups excluding carboxylic acids is 2. The van der Waals surface area contributed by atoms with Gasteiger partial charge < -0.3 is 14.2 Å². The fourth-order valence-corrected chi connectivity index (χ4v) is 3.18. The predicted octanol–water partition coefficient (Wildman–Crippen LogP) is 3.64. The van der Waals surface area contributed by atoms with Crippen LogP contribution in [0.15, 0.2) is 89.9 Å². The zero-order valence-corrected chi connectivity index (χ0v) is 16.3. The molecule has 0 fully saturated rings. The number of hydrogen-bond acceptors (Lipinski definition) is 6. The lowest BCUT2D eigenvalue weighted by Crippen LogP contribution is -2.41. The number of nitrogens with zero attached hydrogens (tertiary/aromatic N) is 1. The fourth-order valence-electron chi connectivity index (χ4n) is 3.18. The van der Waals surface area contributed by atoms with Crippen molar-refractivity contribution in [3.8, 4) is 5.75 Å². The molecule has 0 spiro atoms. The highest BCUT2D eigenvalue weighted by Crippen LogP contribution is 2.35. The molecule has 0 aliphatic carbocycles. The predicted molar refractivity (Wildman–Crippen MR) is 110 cm³/mol. The van der Waals surface area contributed by atoms with Crippen molar-refractivity contribution in [2.24, 2.45) is 4.99 Å². The zero-order valence-electron chi connectivity index (χ0n) is 16.3. The van der Waals surface area contributed by atoms with Gasteiger partial charge in [-0.2, -0.15) is 0 Å². The molecule has 1 aliphatic heterocycles. The number of hydrogen-bond donors (Lipinski definition) is 0. The first-order valence-corrected chi connectivity index (χ1v) is 9.37. The summed E-state index contributed by atoms with van der Waals surface area (Å²) < 4.78 is 16.1. The highest BCUT2D eigenvalue weighted by Gasteiger charge is 2.56. The molecule has 0 amide bonds. The maximum atomic E-state index is 13.2. The molecule has 150 valence electrons. The van der Waals surface area contributed by atoms with Gasteiger partial charge in [-0.3, -0.25) is 0 Å². The second-order valence-corrected chi connectivity index (χ2v) is 6.67. The van der Waals surface area contributed by atoms with E-state index in [1.54, 1.807) is 61.7 Å². The number of rotatable bonds is 6. The summed E-state index contributed by atoms with van der Waals surface area (Å²) in [6, 6.07) is 24.7. The Balaban J connectivity index is 1.71. The summed E-state index contributed by atoms with van der Waals surface area (Å²) >= 11 is 0. The average molecular weight is 401 g/mol. The molecule has 0 aromatic heterocycles. The molecule has 30 heavy (non-hydrogen) atoms. The summed E-state index contributed by atoms with van der Waals surface area (Å²) in [5.74, 6) is -0.868. The summed E-state index contributed by atoms with van der Waals surface area (Å²) in [6.45, 7) is 0.0227. The molecule has 0 unspecified atom stereocenters. The Morgan fingerprint density at radius 2 is 1.57 bits per heavy atom. The largest absolute Gasteiger partial charge is 0.497 e. The van der Waals surface area contributed by atoms with Gasteiger partial charge in [-0.25, -0.2) is 14.6 Å². The van der Waals surface area contributed by atoms with E-state index < -0.39 is 17.5 Å². The molecule has 4 rings (SSSR count). The number of methoxy groups -OCH3 is 1. The lowest BCUT2D eigenvalue weighted by Gasteiger charge is -2.20. The molecule has 1 aliphatic rings. The zero-order chi connectivity index (χ0) is 21.0. The number of carbonyl (C=O) groups is 2. The summed E-state index contributed by atoms with van der Waals surface area (Å²) in [5.41, 5.74) is -0.167. The topological polar surface area (TPSA) is 74.2 Å². The van der Waals surface area contributed by atoms with E-state index in [0.717, 1.165) is 5.56 Å². The van der Waals surface area contributed by atoms with Gasteiger partial charge in [0, 0.05) is 11.1 Å². The van der Waals surface area contributed by atoms with Crippen LogP contribution in [-0.2, 0) is 31.2 Å². The van der Waals surface area contributed by atoms with Crippen molar-refractivity contribution in [3.63, 3.8) is 0 Å². The minimum absolute atomic E-state index is 0.0227. The lowest BCUT2D eigenvalue weighted by atomic mass is 9.91. The molecule has 6 nitrogen and oxygen atoms in total. The number of ether oxygens (including phenoxy) is 3. The molecule has 6 heteroatoms. The van der Waals surface area contributed by atoms with Crippen molar-refractivity contribution in [2.45, 2.75) is 12.1 Å². The standard InChI is InChI=1S/C24H19NO5/c1-28-20-14-12-18(13-15-20)21-25-24(23(27)30-21,19-10-6-3-7-11-19)22(26)29-16-17-8-4-2-5-9-17/h2-15H,16H2,1H3/t24-/m1/s1. The van der Waals surface area contributed by atoms with Gasteiger partial charge in [0.1, 0.15) is 12.4 Å². The second-order valence-electron chi connectivity index (χ2n) is 6.67. The van der Waals surface area contributed by atoms with Crippen molar-refractivity contribution in [3.05, 3.63) is 102 Å². The maximum absolute atomic E-state index is 13.2. The van der Waals surface area contributed by atoms with Crippen LogP contribution in [0.3, 0.4) is 0 Å². The first-order valence-electron chi connectivity index (χ1n) is 9.37. The molecule has 0 N–H and O–H groups in total. The van der Waals surface area contributed by atoms with Gasteiger partial charge in [0.15, 0.2) is 0 Å². The van der Waals surface area contributed by atoms with Gasteiger partial charge in [-0.1, -0.05) is 60.7 Å². The molecular formula is C24H19NO5. The van der Waals surface area contributed by atoms with Crippen LogP contribution in [0.1, 0.15) is 16.7 Å². The van der Waals surface area contributed by atoms with Crippen LogP contribution in [0.4, 0.5) is 0 Å². The lowest BCUT2D eigenvalue weighted by molar-refractivity contribution is -0.159. The third-order valence-electron chi connectivity index (χ3n) is 4.79. The minimum atomic E-state index is -1.91. The molecule has 3 aromatic carbocycles. The van der Waals surface area contributed by atoms with Crippen molar-refractivity contribution >= 4 is 17.8 Å². The van der Waals surface area contributed by atoms with Crippen LogP contribution in [0.2, 0.25) is 0 Å². The van der Waals surface area contributed by atoms with Crippen LogP contribution in [0.5, 0.6) is 5.75 Å². The van der Waals surface area contributed by atoms with E-state index in [0.29, 0.717) is 16.9 Å². The Morgan fingerprint density at radius 1 is 0.933 bits per heavy atom. The van der Waals surface area contributed by atoms with Crippen molar-refractivity contribution < 1.29 is 23.8 Å². The van der Waals surface area contributed by atoms with E-state index in [1.165, 1.54) is 0 Å². The summed E-state index contributed by atoms with van der Waals surface area (Å²) in [6.07, 6.45) is 0. The molecule has 1 atom stereocenters. The average Bonchev–Trinajstić information content (AvgIpc) is 3.17. The van der Waals surface area contributed by atoms with Gasteiger partial charge in [0.2, 0.25) is 5.90 Å². The molecule has 3 aromatic rings. The van der Waals surface area contributed by atoms with Crippen LogP contribution < -0.4 is 4.74 Å². The van der Waals surface area contributed by atoms with E-state index in [4.69, 9.17) is 14.2 Å². The van der Waals surface area contributed by atoms with Gasteiger partial charge in [0.05, 0.1) is 7.11 Å². The Labute approximate surface area is 173 Å². The maximum Gasteiger partial charge on any atom is 0.357 e. The summed E-state index contributed by atoms with van der Waals surface area (Å²) in [4.78, 5) is 30.6. The third kappa shape index (κ3) is 3.55. The minimum Gasteiger partial charge on any atom is -0.497 e. The highest BCUT2D eigenvalue weighted by molar-refractivity contribution is 6.17. The number of benzene rings is 3. The summed E-state index contributed by atoms with van der Waals surface area (Å²) in [7, 11) is 1.56. The van der Waals surface area contributed by atoms with Crippen LogP contribution >= 0.6 is 0 Å². The number of esters is 2. The highest BCUT2D eigenvalue weighted by atomic mass is 16.6. The third-order valence-corrected chi connectivity index (χ3v) is 4.79. The van der Waals surface area contributed by atoms with E-state index in [-0.39, 0.29) is 12.5 Å². The van der Waals surface area contributed by atoms with Gasteiger partial charge in [-0.05, 0) is 29.8 Å². The van der Waals surface area contributed by atoms with Gasteiger partial charge >= 0.3 is 11.9 Å². The molecular weight excluding hydrogens is 382 g/mol. The van der Waals surface area contributed by atoms with E-state index in [2.05, 4.69) is 4.99 Å². The quantitative estimate of drug-likeness (QED) is 0.466. The summed E-state index contributed by atoms with van der Waals surface area (Å²) in [5, 5.41) is 0. The first-order chi connectivity index (χ1) is 14.6. The number of cyclic esters (lactones) is 1. The van der Waals surface area contributed by atoms with Crippen molar-refractivity contribution in [1.29, 1.82) is 0 Å². The molecule has 0 bridgehead atoms. The number of aliphatic imine (C=N–C) groups is 1. The Morgan fingerprint density at radius 3 is 2.20 bits per heavy atom. The smallest absolute Gasteiger partial charge is 0.357 e. The van der Waals surface area contributed by atoms with Gasteiger partial charge in [0.25, 0.3) is 5.54 Å². The van der Waals surface area contributed by atoms with Crippen LogP contribution in [0.25, 0.3) is 0 Å². The molecule has 1 heterocycles. The fraction of sp³-hybridized carbons (Fsp3) is 0.125.